The Kier molecular flexibility index (Phi) is 8.29. The number of amides is 1. The average Bonchev–Trinajstić information content (AvgIpc) is 3.00. The number of aryl methyl sites for hydroxylation is 1. The molecule has 0 aliphatic heterocycles. The number of carbonyl (C=O) groups excluding carboxylic acids is 3. The van der Waals surface area contributed by atoms with Gasteiger partial charge in [0.05, 0.1) is 18.8 Å². The van der Waals surface area contributed by atoms with E-state index in [0.717, 1.165) is 16.9 Å². The number of aromatic nitrogens is 1. The van der Waals surface area contributed by atoms with Crippen molar-refractivity contribution in [3.8, 4) is 0 Å². The SMILES string of the molecule is CCOC(=O)c1c(NC(=O)C[n+]2ccc(C)cc2)sc(C(=O)OCCOC)c1C. The molecule has 2 aromatic rings. The molecule has 0 spiro atoms. The van der Waals surface area contributed by atoms with E-state index < -0.39 is 11.9 Å². The van der Waals surface area contributed by atoms with Gasteiger partial charge in [-0.05, 0) is 31.9 Å². The van der Waals surface area contributed by atoms with E-state index in [9.17, 15) is 14.4 Å². The van der Waals surface area contributed by atoms with Gasteiger partial charge in [-0.3, -0.25) is 4.79 Å². The Morgan fingerprint density at radius 3 is 2.38 bits per heavy atom. The lowest BCUT2D eigenvalue weighted by molar-refractivity contribution is -0.684. The minimum atomic E-state index is -0.601. The molecule has 0 atom stereocenters. The van der Waals surface area contributed by atoms with E-state index in [1.54, 1.807) is 30.8 Å². The molecule has 0 unspecified atom stereocenters. The summed E-state index contributed by atoms with van der Waals surface area (Å²) >= 11 is 0.990. The number of hydrogen-bond donors (Lipinski definition) is 1. The molecule has 0 saturated heterocycles. The number of nitrogens with zero attached hydrogens (tertiary/aromatic N) is 1. The van der Waals surface area contributed by atoms with Crippen LogP contribution in [-0.4, -0.2) is 44.8 Å². The maximum atomic E-state index is 12.5. The van der Waals surface area contributed by atoms with E-state index in [4.69, 9.17) is 14.2 Å². The van der Waals surface area contributed by atoms with Crippen LogP contribution in [0.3, 0.4) is 0 Å². The molecule has 29 heavy (non-hydrogen) atoms. The van der Waals surface area contributed by atoms with Crippen molar-refractivity contribution >= 4 is 34.2 Å². The van der Waals surface area contributed by atoms with Gasteiger partial charge in [-0.15, -0.1) is 11.3 Å². The summed E-state index contributed by atoms with van der Waals surface area (Å²) < 4.78 is 16.8. The van der Waals surface area contributed by atoms with E-state index in [2.05, 4.69) is 5.32 Å². The zero-order valence-corrected chi connectivity index (χ0v) is 17.8. The summed E-state index contributed by atoms with van der Waals surface area (Å²) in [5.41, 5.74) is 1.66. The normalized spacial score (nSPS) is 10.5. The largest absolute Gasteiger partial charge is 0.462 e. The van der Waals surface area contributed by atoms with E-state index in [1.165, 1.54) is 7.11 Å². The molecule has 0 aliphatic rings. The van der Waals surface area contributed by atoms with Gasteiger partial charge in [0.15, 0.2) is 12.4 Å². The van der Waals surface area contributed by atoms with Gasteiger partial charge in [0, 0.05) is 19.2 Å². The van der Waals surface area contributed by atoms with Crippen LogP contribution >= 0.6 is 11.3 Å². The third-order valence-corrected chi connectivity index (χ3v) is 5.16. The lowest BCUT2D eigenvalue weighted by atomic mass is 10.1. The summed E-state index contributed by atoms with van der Waals surface area (Å²) in [5.74, 6) is -1.51. The molecule has 0 fully saturated rings. The Hall–Kier alpha value is -2.78. The summed E-state index contributed by atoms with van der Waals surface area (Å²) in [5, 5.41) is 2.98. The number of ether oxygens (including phenoxy) is 3. The zero-order valence-electron chi connectivity index (χ0n) is 16.9. The van der Waals surface area contributed by atoms with Crippen LogP contribution in [0.2, 0.25) is 0 Å². The fourth-order valence-corrected chi connectivity index (χ4v) is 3.60. The van der Waals surface area contributed by atoms with Gasteiger partial charge in [-0.2, -0.15) is 4.57 Å². The van der Waals surface area contributed by atoms with Crippen LogP contribution < -0.4 is 9.88 Å². The number of thiophene rings is 1. The van der Waals surface area contributed by atoms with Gasteiger partial charge in [0.2, 0.25) is 6.54 Å². The van der Waals surface area contributed by atoms with Crippen molar-refractivity contribution < 1.29 is 33.2 Å². The average molecular weight is 421 g/mol. The first kappa shape index (κ1) is 22.5. The molecular weight excluding hydrogens is 396 g/mol. The fourth-order valence-electron chi connectivity index (χ4n) is 2.50. The minimum absolute atomic E-state index is 0.0626. The maximum absolute atomic E-state index is 12.5. The van der Waals surface area contributed by atoms with Crippen LogP contribution in [0.1, 0.15) is 38.1 Å². The monoisotopic (exact) mass is 421 g/mol. The van der Waals surface area contributed by atoms with Gasteiger partial charge in [0.1, 0.15) is 16.5 Å². The van der Waals surface area contributed by atoms with E-state index in [1.807, 2.05) is 19.1 Å². The van der Waals surface area contributed by atoms with E-state index in [0.29, 0.717) is 5.56 Å². The van der Waals surface area contributed by atoms with Gasteiger partial charge in [-0.25, -0.2) is 9.59 Å². The van der Waals surface area contributed by atoms with Crippen LogP contribution in [0.25, 0.3) is 0 Å². The fraction of sp³-hybridized carbons (Fsp3) is 0.400. The second kappa shape index (κ2) is 10.7. The predicted octanol–water partition coefficient (Wildman–Crippen LogP) is 2.27. The first-order chi connectivity index (χ1) is 13.9. The summed E-state index contributed by atoms with van der Waals surface area (Å²) in [7, 11) is 1.50. The third kappa shape index (κ3) is 6.10. The highest BCUT2D eigenvalue weighted by Crippen LogP contribution is 2.34. The maximum Gasteiger partial charge on any atom is 0.348 e. The Bertz CT molecular complexity index is 876. The van der Waals surface area contributed by atoms with Crippen LogP contribution in [0.5, 0.6) is 0 Å². The van der Waals surface area contributed by atoms with Crippen molar-refractivity contribution in [2.24, 2.45) is 0 Å². The second-order valence-corrected chi connectivity index (χ2v) is 7.23. The van der Waals surface area contributed by atoms with Crippen LogP contribution in [0.15, 0.2) is 24.5 Å². The number of hydrogen-bond acceptors (Lipinski definition) is 7. The van der Waals surface area contributed by atoms with Crippen molar-refractivity contribution in [1.82, 2.24) is 0 Å². The lowest BCUT2D eigenvalue weighted by Crippen LogP contribution is -2.39. The van der Waals surface area contributed by atoms with E-state index >= 15 is 0 Å². The molecule has 1 N–H and O–H groups in total. The number of anilines is 1. The highest BCUT2D eigenvalue weighted by atomic mass is 32.1. The molecule has 2 heterocycles. The van der Waals surface area contributed by atoms with Crippen molar-refractivity contribution in [3.63, 3.8) is 0 Å². The van der Waals surface area contributed by atoms with Crippen molar-refractivity contribution in [2.75, 3.05) is 32.2 Å². The van der Waals surface area contributed by atoms with Gasteiger partial charge < -0.3 is 19.5 Å². The smallest absolute Gasteiger partial charge is 0.348 e. The standard InChI is InChI=1S/C20H24N2O6S/c1-5-27-19(24)16-14(3)17(20(25)28-11-10-26-4)29-18(16)21-15(23)12-22-8-6-13(2)7-9-22/h6-9H,5,10-12H2,1-4H3/p+1. The molecule has 0 bridgehead atoms. The molecule has 2 aromatic heterocycles. The minimum Gasteiger partial charge on any atom is -0.462 e. The predicted molar refractivity (Wildman–Crippen MR) is 107 cm³/mol. The highest BCUT2D eigenvalue weighted by Gasteiger charge is 2.28. The van der Waals surface area contributed by atoms with Crippen LogP contribution in [-0.2, 0) is 25.5 Å². The Labute approximate surface area is 173 Å². The summed E-state index contributed by atoms with van der Waals surface area (Å²) in [4.78, 5) is 37.5. The molecular formula is C20H25N2O6S+. The van der Waals surface area contributed by atoms with Gasteiger partial charge in [0.25, 0.3) is 5.91 Å². The second-order valence-electron chi connectivity index (χ2n) is 6.21. The number of nitrogens with one attached hydrogen (secondary N) is 1. The molecule has 8 nitrogen and oxygen atoms in total. The molecule has 0 radical (unpaired) electrons. The van der Waals surface area contributed by atoms with E-state index in [-0.39, 0.29) is 47.7 Å². The van der Waals surface area contributed by atoms with Crippen LogP contribution in [0, 0.1) is 13.8 Å². The van der Waals surface area contributed by atoms with Crippen LogP contribution in [0.4, 0.5) is 5.00 Å². The molecule has 0 aliphatic carbocycles. The highest BCUT2D eigenvalue weighted by molar-refractivity contribution is 7.18. The quantitative estimate of drug-likeness (QED) is 0.379. The number of carbonyl (C=O) groups is 3. The molecule has 9 heteroatoms. The van der Waals surface area contributed by atoms with Gasteiger partial charge >= 0.3 is 11.9 Å². The zero-order chi connectivity index (χ0) is 21.4. The number of esters is 2. The molecule has 0 aromatic carbocycles. The topological polar surface area (TPSA) is 94.8 Å². The number of methoxy groups -OCH3 is 1. The summed E-state index contributed by atoms with van der Waals surface area (Å²) in [6.07, 6.45) is 3.58. The molecule has 0 saturated carbocycles. The summed E-state index contributed by atoms with van der Waals surface area (Å²) in [6, 6.07) is 3.78. The summed E-state index contributed by atoms with van der Waals surface area (Å²) in [6.45, 7) is 5.86. The lowest BCUT2D eigenvalue weighted by Gasteiger charge is -2.06. The Balaban J connectivity index is 2.24. The third-order valence-electron chi connectivity index (χ3n) is 3.97. The molecule has 2 rings (SSSR count). The Morgan fingerprint density at radius 1 is 1.07 bits per heavy atom. The van der Waals surface area contributed by atoms with Gasteiger partial charge in [-0.1, -0.05) is 0 Å². The first-order valence-electron chi connectivity index (χ1n) is 9.09. The molecule has 1 amide bonds. The van der Waals surface area contributed by atoms with Crippen molar-refractivity contribution in [3.05, 3.63) is 46.1 Å². The number of rotatable bonds is 9. The van der Waals surface area contributed by atoms with Crippen molar-refractivity contribution in [2.45, 2.75) is 27.3 Å². The first-order valence-corrected chi connectivity index (χ1v) is 9.91. The Morgan fingerprint density at radius 2 is 1.76 bits per heavy atom. The molecule has 156 valence electrons. The van der Waals surface area contributed by atoms with Crippen molar-refractivity contribution in [1.29, 1.82) is 0 Å². The number of pyridine rings is 1.